The topological polar surface area (TPSA) is 116 Å². The molecule has 8 heteroatoms. The van der Waals surface area contributed by atoms with Gasteiger partial charge in [-0.1, -0.05) is 18.2 Å². The van der Waals surface area contributed by atoms with Crippen molar-refractivity contribution in [2.75, 3.05) is 6.61 Å². The SMILES string of the molecule is [N-]=[N+]=C1C=C(CCCOP(=O)(O)O)C(=Nc2ccccc2)CC1. The standard InChI is InChI=1S/C15H18N3O4P/c16-18-14-8-9-15(17-13-6-2-1-3-7-13)12(11-14)5-4-10-22-23(19,20)21/h1-3,6-7,11H,4-5,8-10H2,(H2,19,20,21). The number of para-hydroxylation sites is 1. The van der Waals surface area contributed by atoms with Crippen molar-refractivity contribution >= 4 is 24.9 Å². The van der Waals surface area contributed by atoms with E-state index in [0.29, 0.717) is 31.4 Å². The summed E-state index contributed by atoms with van der Waals surface area (Å²) in [4.78, 5) is 25.2. The van der Waals surface area contributed by atoms with Crippen LogP contribution in [0.25, 0.3) is 5.53 Å². The van der Waals surface area contributed by atoms with Crippen molar-refractivity contribution in [3.63, 3.8) is 0 Å². The van der Waals surface area contributed by atoms with Gasteiger partial charge in [0.2, 0.25) is 0 Å². The molecule has 0 amide bonds. The van der Waals surface area contributed by atoms with Crippen LogP contribution in [0.3, 0.4) is 0 Å². The van der Waals surface area contributed by atoms with Gasteiger partial charge >= 0.3 is 7.82 Å². The molecule has 0 saturated carbocycles. The lowest BCUT2D eigenvalue weighted by atomic mass is 9.92. The van der Waals surface area contributed by atoms with Crippen LogP contribution in [0.4, 0.5) is 5.69 Å². The van der Waals surface area contributed by atoms with E-state index in [1.807, 2.05) is 30.3 Å². The summed E-state index contributed by atoms with van der Waals surface area (Å²) in [6.07, 6.45) is 3.99. The first-order valence-corrected chi connectivity index (χ1v) is 8.75. The van der Waals surface area contributed by atoms with Gasteiger partial charge in [-0.05, 0) is 30.5 Å². The molecule has 1 aliphatic rings. The maximum absolute atomic E-state index is 10.7. The monoisotopic (exact) mass is 335 g/mol. The van der Waals surface area contributed by atoms with Gasteiger partial charge in [-0.3, -0.25) is 9.52 Å². The van der Waals surface area contributed by atoms with Crippen LogP contribution in [-0.4, -0.2) is 32.6 Å². The molecule has 2 rings (SSSR count). The van der Waals surface area contributed by atoms with E-state index in [1.54, 1.807) is 6.08 Å². The van der Waals surface area contributed by atoms with Crippen LogP contribution in [0.5, 0.6) is 0 Å². The smallest absolute Gasteiger partial charge is 0.361 e. The van der Waals surface area contributed by atoms with Crippen LogP contribution < -0.4 is 0 Å². The lowest BCUT2D eigenvalue weighted by Gasteiger charge is -2.14. The van der Waals surface area contributed by atoms with Gasteiger partial charge in [0.15, 0.2) is 0 Å². The van der Waals surface area contributed by atoms with E-state index in [2.05, 4.69) is 14.3 Å². The van der Waals surface area contributed by atoms with E-state index in [9.17, 15) is 4.57 Å². The van der Waals surface area contributed by atoms with Crippen LogP contribution in [0.2, 0.25) is 0 Å². The summed E-state index contributed by atoms with van der Waals surface area (Å²) in [6, 6.07) is 9.52. The highest BCUT2D eigenvalue weighted by Gasteiger charge is 2.20. The fourth-order valence-corrected chi connectivity index (χ4v) is 2.66. The Hall–Kier alpha value is -1.88. The van der Waals surface area contributed by atoms with E-state index in [4.69, 9.17) is 15.3 Å². The van der Waals surface area contributed by atoms with Crippen LogP contribution in [-0.2, 0) is 9.09 Å². The molecule has 0 atom stereocenters. The summed E-state index contributed by atoms with van der Waals surface area (Å²) >= 11 is 0. The number of hydrogen-bond acceptors (Lipinski definition) is 3. The maximum atomic E-state index is 10.7. The number of hydrogen-bond donors (Lipinski definition) is 2. The Balaban J connectivity index is 2.10. The zero-order valence-electron chi connectivity index (χ0n) is 12.5. The Morgan fingerprint density at radius 1 is 1.26 bits per heavy atom. The number of aliphatic imine (C=N–C) groups is 1. The Bertz CT molecular complexity index is 703. The number of rotatable bonds is 6. The molecule has 0 radical (unpaired) electrons. The fourth-order valence-electron chi connectivity index (χ4n) is 2.29. The highest BCUT2D eigenvalue weighted by molar-refractivity contribution is 7.46. The van der Waals surface area contributed by atoms with Crippen LogP contribution in [0, 0.1) is 0 Å². The van der Waals surface area contributed by atoms with Gasteiger partial charge in [0.1, 0.15) is 0 Å². The quantitative estimate of drug-likeness (QED) is 0.360. The Labute approximate surface area is 134 Å². The van der Waals surface area contributed by atoms with Crippen LogP contribution in [0.1, 0.15) is 25.7 Å². The van der Waals surface area contributed by atoms with Gasteiger partial charge in [0, 0.05) is 18.2 Å². The summed E-state index contributed by atoms with van der Waals surface area (Å²) in [5.74, 6) is 0. The summed E-state index contributed by atoms with van der Waals surface area (Å²) in [7, 11) is -4.44. The molecular formula is C15H18N3O4P. The van der Waals surface area contributed by atoms with Gasteiger partial charge < -0.3 is 15.3 Å². The molecule has 0 aromatic heterocycles. The van der Waals surface area contributed by atoms with E-state index >= 15 is 0 Å². The normalized spacial score (nSPS) is 17.0. The van der Waals surface area contributed by atoms with Crippen molar-refractivity contribution in [1.82, 2.24) is 0 Å². The molecule has 122 valence electrons. The van der Waals surface area contributed by atoms with Gasteiger partial charge in [0.05, 0.1) is 18.7 Å². The van der Waals surface area contributed by atoms with Crippen molar-refractivity contribution in [1.29, 1.82) is 0 Å². The number of allylic oxidation sites excluding steroid dienone is 2. The molecule has 0 aliphatic heterocycles. The minimum absolute atomic E-state index is 0.0498. The van der Waals surface area contributed by atoms with E-state index in [1.165, 1.54) is 0 Å². The molecule has 0 fully saturated rings. The van der Waals surface area contributed by atoms with Gasteiger partial charge in [-0.15, -0.1) is 0 Å². The predicted octanol–water partition coefficient (Wildman–Crippen LogP) is 3.04. The third kappa shape index (κ3) is 6.02. The van der Waals surface area contributed by atoms with Crippen molar-refractivity contribution in [3.05, 3.63) is 47.5 Å². The average molecular weight is 335 g/mol. The summed E-state index contributed by atoms with van der Waals surface area (Å²) in [6.45, 7) is -0.0498. The number of nitrogens with zero attached hydrogens (tertiary/aromatic N) is 3. The van der Waals surface area contributed by atoms with E-state index in [0.717, 1.165) is 17.0 Å². The van der Waals surface area contributed by atoms with Gasteiger partial charge in [-0.2, -0.15) is 4.79 Å². The zero-order chi connectivity index (χ0) is 16.7. The first kappa shape index (κ1) is 17.5. The molecule has 0 unspecified atom stereocenters. The molecule has 1 aromatic rings. The summed E-state index contributed by atoms with van der Waals surface area (Å²) < 4.78 is 15.1. The predicted molar refractivity (Wildman–Crippen MR) is 86.7 cm³/mol. The number of phosphoric acid groups is 1. The Morgan fingerprint density at radius 2 is 2.00 bits per heavy atom. The third-order valence-electron chi connectivity index (χ3n) is 3.33. The van der Waals surface area contributed by atoms with Crippen molar-refractivity contribution in [3.8, 4) is 0 Å². The maximum Gasteiger partial charge on any atom is 0.469 e. The molecule has 1 aliphatic carbocycles. The highest BCUT2D eigenvalue weighted by Crippen LogP contribution is 2.36. The second kappa shape index (κ2) is 8.11. The largest absolute Gasteiger partial charge is 0.469 e. The summed E-state index contributed by atoms with van der Waals surface area (Å²) in [5.41, 5.74) is 12.1. The van der Waals surface area contributed by atoms with E-state index < -0.39 is 7.82 Å². The fraction of sp³-hybridized carbons (Fsp3) is 0.333. The van der Waals surface area contributed by atoms with E-state index in [-0.39, 0.29) is 6.61 Å². The minimum atomic E-state index is -4.44. The van der Waals surface area contributed by atoms with Gasteiger partial charge in [0.25, 0.3) is 5.71 Å². The first-order chi connectivity index (χ1) is 11.0. The Morgan fingerprint density at radius 3 is 2.65 bits per heavy atom. The second-order valence-electron chi connectivity index (χ2n) is 5.08. The third-order valence-corrected chi connectivity index (χ3v) is 3.85. The molecular weight excluding hydrogens is 317 g/mol. The lowest BCUT2D eigenvalue weighted by Crippen LogP contribution is -2.15. The first-order valence-electron chi connectivity index (χ1n) is 7.22. The molecule has 0 saturated heterocycles. The molecule has 1 aromatic carbocycles. The number of benzene rings is 1. The molecule has 0 bridgehead atoms. The molecule has 23 heavy (non-hydrogen) atoms. The molecule has 2 N–H and O–H groups in total. The minimum Gasteiger partial charge on any atom is -0.361 e. The average Bonchev–Trinajstić information content (AvgIpc) is 2.53. The molecule has 0 spiro atoms. The number of phosphoric ester groups is 1. The second-order valence-corrected chi connectivity index (χ2v) is 6.32. The lowest BCUT2D eigenvalue weighted by molar-refractivity contribution is -0.00631. The molecule has 7 nitrogen and oxygen atoms in total. The zero-order valence-corrected chi connectivity index (χ0v) is 13.4. The van der Waals surface area contributed by atoms with Crippen molar-refractivity contribution in [2.24, 2.45) is 4.99 Å². The van der Waals surface area contributed by atoms with Crippen molar-refractivity contribution < 1.29 is 23.7 Å². The highest BCUT2D eigenvalue weighted by atomic mass is 31.2. The van der Waals surface area contributed by atoms with Crippen LogP contribution >= 0.6 is 7.82 Å². The molecule has 0 heterocycles. The van der Waals surface area contributed by atoms with Crippen molar-refractivity contribution in [2.45, 2.75) is 25.7 Å². The Kier molecular flexibility index (Phi) is 6.16. The van der Waals surface area contributed by atoms with Gasteiger partial charge in [-0.25, -0.2) is 4.57 Å². The van der Waals surface area contributed by atoms with Crippen LogP contribution in [0.15, 0.2) is 47.0 Å². The summed E-state index contributed by atoms with van der Waals surface area (Å²) in [5, 5.41) is 0.